The van der Waals surface area contributed by atoms with Crippen LogP contribution >= 0.6 is 10.2 Å². The second-order valence-electron chi connectivity index (χ2n) is 7.03. The Morgan fingerprint density at radius 2 is 1.50 bits per heavy atom. The number of rotatable bonds is 3. The maximum Gasteiger partial charge on any atom is 0.310 e. The van der Waals surface area contributed by atoms with Crippen LogP contribution in [0.3, 0.4) is 0 Å². The average Bonchev–Trinajstić information content (AvgIpc) is 2.43. The summed E-state index contributed by atoms with van der Waals surface area (Å²) in [4.78, 5) is 2.48. The third-order valence-corrected chi connectivity index (χ3v) is 5.23. The molecule has 1 nitrogen and oxygen atoms in total. The van der Waals surface area contributed by atoms with Crippen LogP contribution in [-0.2, 0) is 0 Å². The van der Waals surface area contributed by atoms with E-state index in [1.54, 1.807) is 12.1 Å². The molecule has 7 heteroatoms. The number of hydrogen-bond donors (Lipinski definition) is 0. The van der Waals surface area contributed by atoms with Crippen molar-refractivity contribution in [3.63, 3.8) is 0 Å². The highest BCUT2D eigenvalue weighted by atomic mass is 32.5. The minimum atomic E-state index is -9.70. The van der Waals surface area contributed by atoms with E-state index in [-0.39, 0.29) is 22.6 Å². The summed E-state index contributed by atoms with van der Waals surface area (Å²) in [6, 6.07) is 8.16. The summed E-state index contributed by atoms with van der Waals surface area (Å²) in [5.74, 6) is 0.0521. The summed E-state index contributed by atoms with van der Waals surface area (Å²) in [5, 5.41) is 0. The van der Waals surface area contributed by atoms with Crippen LogP contribution in [0.1, 0.15) is 39.3 Å². The van der Waals surface area contributed by atoms with Crippen molar-refractivity contribution in [2.24, 2.45) is 5.41 Å². The van der Waals surface area contributed by atoms with Gasteiger partial charge in [0.1, 0.15) is 4.90 Å². The van der Waals surface area contributed by atoms with E-state index in [2.05, 4.69) is 4.98 Å². The fourth-order valence-corrected chi connectivity index (χ4v) is 2.88. The largest absolute Gasteiger partial charge is 0.310 e. The Balaban J connectivity index is 2.52. The third kappa shape index (κ3) is 4.26. The zero-order valence-electron chi connectivity index (χ0n) is 13.9. The molecule has 1 heterocycles. The second kappa shape index (κ2) is 4.94. The van der Waals surface area contributed by atoms with Crippen LogP contribution in [-0.4, -0.2) is 4.98 Å². The van der Waals surface area contributed by atoms with Crippen LogP contribution in [0, 0.1) is 5.41 Å². The predicted molar refractivity (Wildman–Crippen MR) is 88.9 cm³/mol. The van der Waals surface area contributed by atoms with E-state index in [4.69, 9.17) is 0 Å². The molecule has 0 saturated carbocycles. The Labute approximate surface area is 138 Å². The van der Waals surface area contributed by atoms with Gasteiger partial charge in [-0.15, -0.1) is 0 Å². The molecule has 0 aliphatic heterocycles. The molecule has 0 saturated heterocycles. The van der Waals surface area contributed by atoms with Crippen molar-refractivity contribution in [3.05, 3.63) is 48.2 Å². The Hall–Kier alpha value is -1.63. The van der Waals surface area contributed by atoms with Gasteiger partial charge < -0.3 is 0 Å². The molecule has 0 unspecified atom stereocenters. The van der Waals surface area contributed by atoms with Crippen LogP contribution in [0.15, 0.2) is 47.4 Å². The van der Waals surface area contributed by atoms with E-state index >= 15 is 0 Å². The summed E-state index contributed by atoms with van der Waals surface area (Å²) in [6.45, 7) is 8.06. The number of halogens is 5. The zero-order valence-corrected chi connectivity index (χ0v) is 14.7. The van der Waals surface area contributed by atoms with Gasteiger partial charge in [-0.2, -0.15) is 0 Å². The number of hydrogen-bond acceptors (Lipinski definition) is 1. The van der Waals surface area contributed by atoms with Crippen molar-refractivity contribution in [2.75, 3.05) is 0 Å². The quantitative estimate of drug-likeness (QED) is 0.512. The molecule has 134 valence electrons. The predicted octanol–water partition coefficient (Wildman–Crippen LogP) is 7.56. The minimum absolute atomic E-state index is 0.0173. The molecule has 24 heavy (non-hydrogen) atoms. The van der Waals surface area contributed by atoms with E-state index < -0.39 is 15.1 Å². The van der Waals surface area contributed by atoms with Crippen LogP contribution < -0.4 is 0 Å². The first-order chi connectivity index (χ1) is 10.6. The molecule has 0 radical (unpaired) electrons. The molecule has 0 aliphatic carbocycles. The maximum absolute atomic E-state index is 13.0. The molecule has 2 aromatic rings. The maximum atomic E-state index is 13.0. The number of aromatic nitrogens is 1. The first-order valence-corrected chi connectivity index (χ1v) is 9.34. The van der Waals surface area contributed by atoms with Gasteiger partial charge in [-0.3, -0.25) is 4.98 Å². The lowest BCUT2D eigenvalue weighted by Crippen LogP contribution is -2.16. The molecule has 0 aliphatic rings. The van der Waals surface area contributed by atoms with E-state index in [9.17, 15) is 19.4 Å². The van der Waals surface area contributed by atoms with Gasteiger partial charge in [0.2, 0.25) is 0 Å². The molecule has 1 aromatic heterocycles. The highest BCUT2D eigenvalue weighted by Gasteiger charge is 2.65. The van der Waals surface area contributed by atoms with Crippen molar-refractivity contribution >= 4 is 10.2 Å². The van der Waals surface area contributed by atoms with Gasteiger partial charge in [-0.05, 0) is 29.7 Å². The molecule has 2 rings (SSSR count). The highest BCUT2D eigenvalue weighted by molar-refractivity contribution is 8.45. The minimum Gasteiger partial charge on any atom is -0.253 e. The standard InChI is InChI=1S/C17H20F5NS/c1-12(17(2,3)4)15-9-6-10-16(23-15)13-7-5-8-14(11-13)24(18,19,20,21)22/h5-12H,1-4H3/t12-/m0/s1. The first-order valence-electron chi connectivity index (χ1n) is 7.39. The van der Waals surface area contributed by atoms with Gasteiger partial charge in [0.05, 0.1) is 5.69 Å². The fourth-order valence-electron chi connectivity index (χ4n) is 2.19. The van der Waals surface area contributed by atoms with Crippen molar-refractivity contribution in [1.82, 2.24) is 4.98 Å². The first kappa shape index (κ1) is 18.7. The smallest absolute Gasteiger partial charge is 0.253 e. The topological polar surface area (TPSA) is 12.9 Å². The van der Waals surface area contributed by atoms with Crippen LogP contribution in [0.25, 0.3) is 11.3 Å². The molecular formula is C17H20F5NS. The van der Waals surface area contributed by atoms with Crippen molar-refractivity contribution < 1.29 is 19.4 Å². The number of pyridine rings is 1. The average molecular weight is 365 g/mol. The number of nitrogens with zero attached hydrogens (tertiary/aromatic N) is 1. The van der Waals surface area contributed by atoms with Gasteiger partial charge in [-0.1, -0.05) is 65.3 Å². The molecule has 0 N–H and O–H groups in total. The summed E-state index contributed by atoms with van der Waals surface area (Å²) in [6.07, 6.45) is 0. The normalized spacial score (nSPS) is 17.0. The zero-order chi connectivity index (χ0) is 18.5. The van der Waals surface area contributed by atoms with E-state index in [0.29, 0.717) is 17.8 Å². The number of benzene rings is 1. The molecule has 0 fully saturated rings. The Bertz CT molecular complexity index is 763. The molecule has 0 spiro atoms. The third-order valence-electron chi connectivity index (χ3n) is 4.09. The monoisotopic (exact) mass is 365 g/mol. The molecule has 1 aromatic carbocycles. The Morgan fingerprint density at radius 3 is 2.04 bits per heavy atom. The molecule has 1 atom stereocenters. The van der Waals surface area contributed by atoms with Crippen LogP contribution in [0.4, 0.5) is 19.4 Å². The van der Waals surface area contributed by atoms with Gasteiger partial charge in [0.25, 0.3) is 0 Å². The van der Waals surface area contributed by atoms with Gasteiger partial charge in [0, 0.05) is 17.2 Å². The van der Waals surface area contributed by atoms with Gasteiger partial charge in [-0.25, -0.2) is 0 Å². The van der Waals surface area contributed by atoms with Crippen LogP contribution in [0.2, 0.25) is 0 Å². The van der Waals surface area contributed by atoms with Gasteiger partial charge >= 0.3 is 10.2 Å². The summed E-state index contributed by atoms with van der Waals surface area (Å²) < 4.78 is 64.9. The Kier molecular flexibility index (Phi) is 3.85. The second-order valence-corrected chi connectivity index (χ2v) is 9.44. The lowest BCUT2D eigenvalue weighted by atomic mass is 9.80. The summed E-state index contributed by atoms with van der Waals surface area (Å²) in [5.41, 5.74) is 0.880. The van der Waals surface area contributed by atoms with Gasteiger partial charge in [0.15, 0.2) is 0 Å². The van der Waals surface area contributed by atoms with E-state index in [0.717, 1.165) is 6.07 Å². The van der Waals surface area contributed by atoms with Crippen molar-refractivity contribution in [2.45, 2.75) is 38.5 Å². The highest BCUT2D eigenvalue weighted by Crippen LogP contribution is 3.02. The van der Waals surface area contributed by atoms with E-state index in [1.165, 1.54) is 12.1 Å². The SMILES string of the molecule is C[C@@H](c1cccc(-c2cccc(S(F)(F)(F)(F)F)c2)n1)C(C)(C)C. The fraction of sp³-hybridized carbons (Fsp3) is 0.353. The summed E-state index contributed by atoms with van der Waals surface area (Å²) in [7, 11) is -9.70. The molecule has 0 amide bonds. The van der Waals surface area contributed by atoms with Crippen LogP contribution in [0.5, 0.6) is 0 Å². The lowest BCUT2D eigenvalue weighted by molar-refractivity contribution is 0.334. The van der Waals surface area contributed by atoms with Crippen molar-refractivity contribution in [1.29, 1.82) is 0 Å². The van der Waals surface area contributed by atoms with E-state index in [1.807, 2.05) is 27.7 Å². The Morgan fingerprint density at radius 1 is 0.917 bits per heavy atom. The molecular weight excluding hydrogens is 345 g/mol. The van der Waals surface area contributed by atoms with Crippen molar-refractivity contribution in [3.8, 4) is 11.3 Å². The lowest BCUT2D eigenvalue weighted by Gasteiger charge is -2.40. The molecule has 0 bridgehead atoms. The summed E-state index contributed by atoms with van der Waals surface area (Å²) >= 11 is 0.